The van der Waals surface area contributed by atoms with E-state index in [0.29, 0.717) is 5.56 Å². The van der Waals surface area contributed by atoms with Crippen molar-refractivity contribution in [1.29, 1.82) is 0 Å². The first-order valence-corrected chi connectivity index (χ1v) is 4.46. The van der Waals surface area contributed by atoms with Gasteiger partial charge in [-0.2, -0.15) is 4.39 Å². The summed E-state index contributed by atoms with van der Waals surface area (Å²) in [6, 6.07) is 2.66. The van der Waals surface area contributed by atoms with Crippen molar-refractivity contribution in [3.05, 3.63) is 29.8 Å². The number of nitrogens with zero attached hydrogens (tertiary/aromatic N) is 1. The van der Waals surface area contributed by atoms with Crippen LogP contribution in [-0.2, 0) is 0 Å². The van der Waals surface area contributed by atoms with Gasteiger partial charge in [0.25, 0.3) is 0 Å². The molecule has 86 valence electrons. The van der Waals surface area contributed by atoms with E-state index in [1.807, 2.05) is 0 Å². The largest absolute Gasteiger partial charge is 0.396 e. The normalized spacial score (nSPS) is 13.1. The molecule has 0 aromatic carbocycles. The van der Waals surface area contributed by atoms with E-state index >= 15 is 0 Å². The molecule has 0 aliphatic heterocycles. The Hall–Kier alpha value is -0.710. The molecule has 0 amide bonds. The van der Waals surface area contributed by atoms with Crippen LogP contribution in [0.3, 0.4) is 0 Å². The average molecular weight is 235 g/mol. The Bertz CT molecular complexity index is 320. The first-order chi connectivity index (χ1) is 6.49. The van der Waals surface area contributed by atoms with Crippen LogP contribution in [0.2, 0.25) is 0 Å². The SMILES string of the molecule is CC(C)(CO)[C@@H](N)c1cccnc1F.Cl. The van der Waals surface area contributed by atoms with E-state index in [1.54, 1.807) is 26.0 Å². The van der Waals surface area contributed by atoms with Gasteiger partial charge in [0.05, 0.1) is 0 Å². The zero-order valence-electron chi connectivity index (χ0n) is 8.77. The van der Waals surface area contributed by atoms with Crippen LogP contribution in [0.4, 0.5) is 4.39 Å². The number of rotatable bonds is 3. The zero-order valence-corrected chi connectivity index (χ0v) is 9.59. The Balaban J connectivity index is 0.00000196. The second kappa shape index (κ2) is 5.39. The van der Waals surface area contributed by atoms with Crippen molar-refractivity contribution < 1.29 is 9.50 Å². The second-order valence-electron chi connectivity index (χ2n) is 4.01. The third kappa shape index (κ3) is 3.12. The van der Waals surface area contributed by atoms with Gasteiger partial charge in [-0.1, -0.05) is 19.9 Å². The van der Waals surface area contributed by atoms with Crippen LogP contribution in [0.15, 0.2) is 18.3 Å². The van der Waals surface area contributed by atoms with E-state index in [9.17, 15) is 4.39 Å². The smallest absolute Gasteiger partial charge is 0.217 e. The van der Waals surface area contributed by atoms with E-state index in [0.717, 1.165) is 0 Å². The number of nitrogens with two attached hydrogens (primary N) is 1. The molecule has 5 heteroatoms. The summed E-state index contributed by atoms with van der Waals surface area (Å²) < 4.78 is 13.2. The maximum absolute atomic E-state index is 13.2. The number of aromatic nitrogens is 1. The van der Waals surface area contributed by atoms with Crippen molar-refractivity contribution >= 4 is 12.4 Å². The van der Waals surface area contributed by atoms with Crippen molar-refractivity contribution in [2.45, 2.75) is 19.9 Å². The van der Waals surface area contributed by atoms with Gasteiger partial charge < -0.3 is 10.8 Å². The predicted octanol–water partition coefficient (Wildman–Crippen LogP) is 1.66. The monoisotopic (exact) mass is 234 g/mol. The van der Waals surface area contributed by atoms with Crippen LogP contribution in [0.25, 0.3) is 0 Å². The molecule has 0 saturated heterocycles. The van der Waals surface area contributed by atoms with Crippen LogP contribution in [-0.4, -0.2) is 16.7 Å². The summed E-state index contributed by atoms with van der Waals surface area (Å²) in [5.41, 5.74) is 5.63. The fraction of sp³-hybridized carbons (Fsp3) is 0.500. The van der Waals surface area contributed by atoms with Crippen molar-refractivity contribution in [1.82, 2.24) is 4.98 Å². The van der Waals surface area contributed by atoms with Crippen molar-refractivity contribution in [3.63, 3.8) is 0 Å². The Kier molecular flexibility index (Phi) is 5.14. The van der Waals surface area contributed by atoms with E-state index in [-0.39, 0.29) is 19.0 Å². The Morgan fingerprint density at radius 1 is 1.60 bits per heavy atom. The Morgan fingerprint density at radius 2 is 2.20 bits per heavy atom. The molecule has 0 fully saturated rings. The maximum atomic E-state index is 13.2. The van der Waals surface area contributed by atoms with Crippen LogP contribution in [0, 0.1) is 11.4 Å². The van der Waals surface area contributed by atoms with Crippen LogP contribution in [0.1, 0.15) is 25.5 Å². The zero-order chi connectivity index (χ0) is 10.8. The lowest BCUT2D eigenvalue weighted by molar-refractivity contribution is 0.130. The van der Waals surface area contributed by atoms with Gasteiger partial charge >= 0.3 is 0 Å². The minimum absolute atomic E-state index is 0. The molecular formula is C10H16ClFN2O. The lowest BCUT2D eigenvalue weighted by Gasteiger charge is -2.29. The first-order valence-electron chi connectivity index (χ1n) is 4.46. The average Bonchev–Trinajstić information content (AvgIpc) is 2.17. The quantitative estimate of drug-likeness (QED) is 0.782. The highest BCUT2D eigenvalue weighted by Gasteiger charge is 2.29. The van der Waals surface area contributed by atoms with Gasteiger partial charge in [-0.15, -0.1) is 12.4 Å². The number of halogens is 2. The fourth-order valence-electron chi connectivity index (χ4n) is 1.15. The summed E-state index contributed by atoms with van der Waals surface area (Å²) in [6.07, 6.45) is 1.37. The van der Waals surface area contributed by atoms with E-state index < -0.39 is 17.4 Å². The molecule has 0 radical (unpaired) electrons. The van der Waals surface area contributed by atoms with Gasteiger partial charge in [0, 0.05) is 29.8 Å². The van der Waals surface area contributed by atoms with Gasteiger partial charge in [0.1, 0.15) is 0 Å². The van der Waals surface area contributed by atoms with Crippen molar-refractivity contribution in [2.75, 3.05) is 6.61 Å². The van der Waals surface area contributed by atoms with Crippen LogP contribution >= 0.6 is 12.4 Å². The molecule has 0 aliphatic rings. The van der Waals surface area contributed by atoms with Gasteiger partial charge in [-0.05, 0) is 6.07 Å². The van der Waals surface area contributed by atoms with Crippen molar-refractivity contribution in [3.8, 4) is 0 Å². The molecule has 0 bridgehead atoms. The highest BCUT2D eigenvalue weighted by atomic mass is 35.5. The summed E-state index contributed by atoms with van der Waals surface area (Å²) >= 11 is 0. The minimum Gasteiger partial charge on any atom is -0.396 e. The van der Waals surface area contributed by atoms with E-state index in [2.05, 4.69) is 4.98 Å². The molecule has 3 nitrogen and oxygen atoms in total. The molecule has 0 saturated carbocycles. The van der Waals surface area contributed by atoms with E-state index in [4.69, 9.17) is 10.8 Å². The molecule has 3 N–H and O–H groups in total. The molecule has 1 rings (SSSR count). The molecular weight excluding hydrogens is 219 g/mol. The fourth-order valence-corrected chi connectivity index (χ4v) is 1.15. The summed E-state index contributed by atoms with van der Waals surface area (Å²) in [5.74, 6) is -0.568. The molecule has 15 heavy (non-hydrogen) atoms. The second-order valence-corrected chi connectivity index (χ2v) is 4.01. The molecule has 1 atom stereocenters. The van der Waals surface area contributed by atoms with Gasteiger partial charge in [-0.3, -0.25) is 0 Å². The highest BCUT2D eigenvalue weighted by molar-refractivity contribution is 5.85. The summed E-state index contributed by atoms with van der Waals surface area (Å²) in [7, 11) is 0. The lowest BCUT2D eigenvalue weighted by atomic mass is 9.82. The minimum atomic E-state index is -0.568. The van der Waals surface area contributed by atoms with E-state index in [1.165, 1.54) is 6.20 Å². The number of aliphatic hydroxyl groups is 1. The van der Waals surface area contributed by atoms with Gasteiger partial charge in [0.2, 0.25) is 5.95 Å². The first kappa shape index (κ1) is 14.3. The van der Waals surface area contributed by atoms with Gasteiger partial charge in [-0.25, -0.2) is 4.98 Å². The number of hydrogen-bond acceptors (Lipinski definition) is 3. The molecule has 0 unspecified atom stereocenters. The summed E-state index contributed by atoms with van der Waals surface area (Å²) in [4.78, 5) is 3.52. The summed E-state index contributed by atoms with van der Waals surface area (Å²) in [6.45, 7) is 3.47. The van der Waals surface area contributed by atoms with Crippen LogP contribution < -0.4 is 5.73 Å². The third-order valence-electron chi connectivity index (χ3n) is 2.37. The molecule has 0 spiro atoms. The topological polar surface area (TPSA) is 59.1 Å². The highest BCUT2D eigenvalue weighted by Crippen LogP contribution is 2.31. The number of pyridine rings is 1. The third-order valence-corrected chi connectivity index (χ3v) is 2.37. The number of aliphatic hydroxyl groups excluding tert-OH is 1. The molecule has 1 aromatic rings. The van der Waals surface area contributed by atoms with Crippen LogP contribution in [0.5, 0.6) is 0 Å². The summed E-state index contributed by atoms with van der Waals surface area (Å²) in [5, 5.41) is 9.09. The van der Waals surface area contributed by atoms with Gasteiger partial charge in [0.15, 0.2) is 0 Å². The maximum Gasteiger partial charge on any atom is 0.217 e. The molecule has 1 aromatic heterocycles. The lowest BCUT2D eigenvalue weighted by Crippen LogP contribution is -2.33. The van der Waals surface area contributed by atoms with Crippen molar-refractivity contribution in [2.24, 2.45) is 11.1 Å². The number of hydrogen-bond donors (Lipinski definition) is 2. The molecule has 0 aliphatic carbocycles. The standard InChI is InChI=1S/C10H15FN2O.ClH/c1-10(2,6-14)8(12)7-4-3-5-13-9(7)11;/h3-5,8,14H,6,12H2,1-2H3;1H/t8-;/m0./s1. The molecule has 1 heterocycles. The Labute approximate surface area is 94.9 Å². The predicted molar refractivity (Wildman–Crippen MR) is 59.2 cm³/mol. The Morgan fingerprint density at radius 3 is 2.67 bits per heavy atom.